The van der Waals surface area contributed by atoms with Gasteiger partial charge in [-0.15, -0.1) is 0 Å². The Morgan fingerprint density at radius 3 is 2.50 bits per heavy atom. The Morgan fingerprint density at radius 2 is 1.80 bits per heavy atom. The highest BCUT2D eigenvalue weighted by Crippen LogP contribution is 2.15. The van der Waals surface area contributed by atoms with E-state index in [-0.39, 0.29) is 17.7 Å². The number of rotatable bonds is 10. The molecule has 1 rings (SSSR count). The molecule has 3 heteroatoms. The molecule has 0 saturated heterocycles. The van der Waals surface area contributed by atoms with E-state index in [4.69, 9.17) is 0 Å². The lowest BCUT2D eigenvalue weighted by atomic mass is 9.99. The van der Waals surface area contributed by atoms with E-state index in [1.165, 1.54) is 43.9 Å². The summed E-state index contributed by atoms with van der Waals surface area (Å²) in [5, 5.41) is 3.38. The predicted molar refractivity (Wildman–Crippen MR) is 80.9 cm³/mol. The molecular weight excluding hydrogens is 256 g/mol. The molecule has 0 bridgehead atoms. The fourth-order valence-corrected chi connectivity index (χ4v) is 2.52. The van der Waals surface area contributed by atoms with Gasteiger partial charge in [-0.3, -0.25) is 0 Å². The number of halogens is 2. The highest BCUT2D eigenvalue weighted by Gasteiger charge is 2.12. The summed E-state index contributed by atoms with van der Waals surface area (Å²) in [6, 6.07) is 3.94. The van der Waals surface area contributed by atoms with E-state index in [0.717, 1.165) is 19.4 Å². The maximum atomic E-state index is 13.7. The summed E-state index contributed by atoms with van der Waals surface area (Å²) in [6.07, 6.45) is 7.74. The number of nitrogens with one attached hydrogen (secondary N) is 1. The van der Waals surface area contributed by atoms with Crippen molar-refractivity contribution in [1.29, 1.82) is 0 Å². The number of unbranched alkanes of at least 4 members (excludes halogenated alkanes) is 4. The Balaban J connectivity index is 2.47. The predicted octanol–water partition coefficient (Wildman–Crippen LogP) is 4.85. The Labute approximate surface area is 121 Å². The van der Waals surface area contributed by atoms with E-state index in [9.17, 15) is 8.78 Å². The van der Waals surface area contributed by atoms with E-state index in [1.807, 2.05) is 6.92 Å². The molecule has 0 saturated carbocycles. The molecule has 0 radical (unpaired) electrons. The van der Waals surface area contributed by atoms with Gasteiger partial charge in [0.1, 0.15) is 11.6 Å². The third-order valence-corrected chi connectivity index (χ3v) is 3.62. The zero-order valence-corrected chi connectivity index (χ0v) is 12.7. The summed E-state index contributed by atoms with van der Waals surface area (Å²) in [4.78, 5) is 0. The number of likely N-dealkylation sites (N-methyl/N-ethyl adjacent to an activating group) is 1. The number of hydrogen-bond donors (Lipinski definition) is 1. The summed E-state index contributed by atoms with van der Waals surface area (Å²) in [5.41, 5.74) is 0.476. The van der Waals surface area contributed by atoms with Gasteiger partial charge in [0, 0.05) is 6.04 Å². The van der Waals surface area contributed by atoms with Crippen molar-refractivity contribution in [3.8, 4) is 0 Å². The first-order valence-electron chi connectivity index (χ1n) is 7.84. The van der Waals surface area contributed by atoms with Gasteiger partial charge in [0.25, 0.3) is 0 Å². The van der Waals surface area contributed by atoms with Gasteiger partial charge < -0.3 is 5.32 Å². The van der Waals surface area contributed by atoms with Gasteiger partial charge >= 0.3 is 0 Å². The van der Waals surface area contributed by atoms with Crippen molar-refractivity contribution in [1.82, 2.24) is 5.32 Å². The minimum atomic E-state index is -0.361. The minimum absolute atomic E-state index is 0.234. The molecule has 1 atom stereocenters. The zero-order valence-electron chi connectivity index (χ0n) is 12.7. The molecule has 0 spiro atoms. The highest BCUT2D eigenvalue weighted by atomic mass is 19.1. The number of benzene rings is 1. The second-order valence-corrected chi connectivity index (χ2v) is 5.40. The molecule has 20 heavy (non-hydrogen) atoms. The van der Waals surface area contributed by atoms with E-state index < -0.39 is 0 Å². The molecule has 1 nitrogen and oxygen atoms in total. The van der Waals surface area contributed by atoms with Crippen molar-refractivity contribution >= 4 is 0 Å². The molecule has 0 aliphatic rings. The lowest BCUT2D eigenvalue weighted by molar-refractivity contribution is 0.452. The van der Waals surface area contributed by atoms with Crippen LogP contribution in [0.15, 0.2) is 18.2 Å². The lowest BCUT2D eigenvalue weighted by Gasteiger charge is -2.18. The van der Waals surface area contributed by atoms with Crippen LogP contribution in [0, 0.1) is 11.6 Å². The van der Waals surface area contributed by atoms with Crippen LogP contribution in [0.2, 0.25) is 0 Å². The maximum absolute atomic E-state index is 13.7. The maximum Gasteiger partial charge on any atom is 0.126 e. The highest BCUT2D eigenvalue weighted by molar-refractivity contribution is 5.19. The van der Waals surface area contributed by atoms with Crippen molar-refractivity contribution in [3.63, 3.8) is 0 Å². The molecular formula is C17H27F2N. The molecule has 0 fully saturated rings. The average Bonchev–Trinajstić information content (AvgIpc) is 2.42. The van der Waals surface area contributed by atoms with Crippen LogP contribution in [0.3, 0.4) is 0 Å². The Morgan fingerprint density at radius 1 is 1.05 bits per heavy atom. The second kappa shape index (κ2) is 9.87. The molecule has 0 aliphatic heterocycles. The van der Waals surface area contributed by atoms with Crippen molar-refractivity contribution in [2.45, 2.75) is 64.8 Å². The first-order chi connectivity index (χ1) is 9.67. The van der Waals surface area contributed by atoms with E-state index in [0.29, 0.717) is 12.0 Å². The summed E-state index contributed by atoms with van der Waals surface area (Å²) in [7, 11) is 0. The van der Waals surface area contributed by atoms with Gasteiger partial charge in [-0.1, -0.05) is 46.0 Å². The summed E-state index contributed by atoms with van der Waals surface area (Å²) in [6.45, 7) is 5.11. The molecule has 0 aromatic heterocycles. The monoisotopic (exact) mass is 283 g/mol. The van der Waals surface area contributed by atoms with Crippen LogP contribution >= 0.6 is 0 Å². The topological polar surface area (TPSA) is 12.0 Å². The second-order valence-electron chi connectivity index (χ2n) is 5.40. The third-order valence-electron chi connectivity index (χ3n) is 3.62. The van der Waals surface area contributed by atoms with Gasteiger partial charge in [-0.05, 0) is 43.1 Å². The lowest BCUT2D eigenvalue weighted by Crippen LogP contribution is -2.31. The van der Waals surface area contributed by atoms with E-state index in [2.05, 4.69) is 12.2 Å². The molecule has 1 aromatic carbocycles. The zero-order chi connectivity index (χ0) is 14.8. The van der Waals surface area contributed by atoms with Gasteiger partial charge in [0.15, 0.2) is 0 Å². The molecule has 1 unspecified atom stereocenters. The van der Waals surface area contributed by atoms with Crippen LogP contribution in [0.1, 0.15) is 57.9 Å². The Kier molecular flexibility index (Phi) is 8.43. The largest absolute Gasteiger partial charge is 0.314 e. The van der Waals surface area contributed by atoms with E-state index >= 15 is 0 Å². The fourth-order valence-electron chi connectivity index (χ4n) is 2.52. The molecule has 0 aliphatic carbocycles. The smallest absolute Gasteiger partial charge is 0.126 e. The first-order valence-corrected chi connectivity index (χ1v) is 7.84. The van der Waals surface area contributed by atoms with Gasteiger partial charge in [0.2, 0.25) is 0 Å². The van der Waals surface area contributed by atoms with Crippen molar-refractivity contribution in [3.05, 3.63) is 35.4 Å². The molecule has 114 valence electrons. The van der Waals surface area contributed by atoms with Gasteiger partial charge in [-0.2, -0.15) is 0 Å². The molecule has 0 heterocycles. The quantitative estimate of drug-likeness (QED) is 0.605. The summed E-state index contributed by atoms with van der Waals surface area (Å²) < 4.78 is 26.9. The summed E-state index contributed by atoms with van der Waals surface area (Å²) >= 11 is 0. The van der Waals surface area contributed by atoms with Crippen LogP contribution in [0.5, 0.6) is 0 Å². The van der Waals surface area contributed by atoms with E-state index in [1.54, 1.807) is 0 Å². The van der Waals surface area contributed by atoms with Crippen LogP contribution in [-0.4, -0.2) is 12.6 Å². The number of hydrogen-bond acceptors (Lipinski definition) is 1. The van der Waals surface area contributed by atoms with Gasteiger partial charge in [0.05, 0.1) is 0 Å². The van der Waals surface area contributed by atoms with Gasteiger partial charge in [-0.25, -0.2) is 8.78 Å². The van der Waals surface area contributed by atoms with Crippen LogP contribution in [0.4, 0.5) is 8.78 Å². The molecule has 1 aromatic rings. The fraction of sp³-hybridized carbons (Fsp3) is 0.647. The Hall–Kier alpha value is -0.960. The first kappa shape index (κ1) is 17.1. The SMILES string of the molecule is CCCCCCCC(Cc1cc(F)ccc1F)NCC. The van der Waals surface area contributed by atoms with Crippen molar-refractivity contribution in [2.75, 3.05) is 6.54 Å². The van der Waals surface area contributed by atoms with Crippen molar-refractivity contribution < 1.29 is 8.78 Å². The Bertz CT molecular complexity index is 379. The average molecular weight is 283 g/mol. The standard InChI is InChI=1S/C17H27F2N/c1-3-5-6-7-8-9-16(20-4-2)13-14-12-15(18)10-11-17(14)19/h10-12,16,20H,3-9,13H2,1-2H3. The van der Waals surface area contributed by atoms with Crippen LogP contribution in [-0.2, 0) is 6.42 Å². The van der Waals surface area contributed by atoms with Crippen LogP contribution in [0.25, 0.3) is 0 Å². The van der Waals surface area contributed by atoms with Crippen molar-refractivity contribution in [2.24, 2.45) is 0 Å². The van der Waals surface area contributed by atoms with Crippen LogP contribution < -0.4 is 5.32 Å². The molecule has 0 amide bonds. The minimum Gasteiger partial charge on any atom is -0.314 e. The third kappa shape index (κ3) is 6.47. The molecule has 1 N–H and O–H groups in total. The normalized spacial score (nSPS) is 12.6. The summed E-state index contributed by atoms with van der Waals surface area (Å²) in [5.74, 6) is -0.667.